The summed E-state index contributed by atoms with van der Waals surface area (Å²) in [4.78, 5) is 4.58. The van der Waals surface area contributed by atoms with E-state index in [4.69, 9.17) is 0 Å². The lowest BCUT2D eigenvalue weighted by molar-refractivity contribution is 0.629. The van der Waals surface area contributed by atoms with Crippen molar-refractivity contribution in [3.05, 3.63) is 64.2 Å². The van der Waals surface area contributed by atoms with Crippen molar-refractivity contribution in [3.8, 4) is 0 Å². The molecule has 0 radical (unpaired) electrons. The molecule has 1 aromatic carbocycles. The summed E-state index contributed by atoms with van der Waals surface area (Å²) in [5.74, 6) is 0. The zero-order chi connectivity index (χ0) is 14.8. The molecule has 0 bridgehead atoms. The standard InChI is InChI=1S/C18H20N2S/c1-4-19-18(14-6-5-12(2)13(3)9-14)15-10-17-16(20-11-15)7-8-21-17/h5-11,18-19H,4H2,1-3H3. The Balaban J connectivity index is 2.05. The molecule has 0 saturated heterocycles. The Morgan fingerprint density at radius 3 is 2.71 bits per heavy atom. The lowest BCUT2D eigenvalue weighted by Crippen LogP contribution is -2.22. The smallest absolute Gasteiger partial charge is 0.0809 e. The third-order valence-electron chi connectivity index (χ3n) is 3.93. The van der Waals surface area contributed by atoms with E-state index in [0.717, 1.165) is 12.1 Å². The molecule has 1 N–H and O–H groups in total. The molecule has 0 fully saturated rings. The number of hydrogen-bond donors (Lipinski definition) is 1. The molecule has 0 aliphatic carbocycles. The molecular formula is C18H20N2S. The molecule has 3 rings (SSSR count). The van der Waals surface area contributed by atoms with E-state index >= 15 is 0 Å². The van der Waals surface area contributed by atoms with Gasteiger partial charge in [0.15, 0.2) is 0 Å². The first-order valence-corrected chi connectivity index (χ1v) is 8.20. The van der Waals surface area contributed by atoms with E-state index in [0.29, 0.717) is 0 Å². The van der Waals surface area contributed by atoms with Gasteiger partial charge in [-0.05, 0) is 60.2 Å². The molecule has 1 atom stereocenters. The van der Waals surface area contributed by atoms with Crippen molar-refractivity contribution in [2.45, 2.75) is 26.8 Å². The van der Waals surface area contributed by atoms with Crippen LogP contribution in [0.5, 0.6) is 0 Å². The summed E-state index contributed by atoms with van der Waals surface area (Å²) in [6, 6.07) is 11.2. The zero-order valence-electron chi connectivity index (χ0n) is 12.7. The van der Waals surface area contributed by atoms with E-state index in [1.54, 1.807) is 11.3 Å². The second-order valence-electron chi connectivity index (χ2n) is 5.41. The van der Waals surface area contributed by atoms with Crippen LogP contribution < -0.4 is 5.32 Å². The summed E-state index contributed by atoms with van der Waals surface area (Å²) in [6.45, 7) is 7.40. The topological polar surface area (TPSA) is 24.9 Å². The SMILES string of the molecule is CCNC(c1ccc(C)c(C)c1)c1cnc2ccsc2c1. The zero-order valence-corrected chi connectivity index (χ0v) is 13.5. The Kier molecular flexibility index (Phi) is 4.04. The first kappa shape index (κ1) is 14.2. The Hall–Kier alpha value is -1.71. The number of benzene rings is 1. The summed E-state index contributed by atoms with van der Waals surface area (Å²) < 4.78 is 1.25. The van der Waals surface area contributed by atoms with Gasteiger partial charge >= 0.3 is 0 Å². The largest absolute Gasteiger partial charge is 0.306 e. The molecule has 2 heterocycles. The van der Waals surface area contributed by atoms with Gasteiger partial charge in [-0.15, -0.1) is 11.3 Å². The molecule has 2 nitrogen and oxygen atoms in total. The van der Waals surface area contributed by atoms with E-state index in [9.17, 15) is 0 Å². The van der Waals surface area contributed by atoms with Gasteiger partial charge in [0.05, 0.1) is 16.3 Å². The average Bonchev–Trinajstić information content (AvgIpc) is 2.95. The highest BCUT2D eigenvalue weighted by Gasteiger charge is 2.15. The minimum Gasteiger partial charge on any atom is -0.306 e. The second kappa shape index (κ2) is 5.96. The molecule has 0 amide bonds. The summed E-state index contributed by atoms with van der Waals surface area (Å²) >= 11 is 1.75. The van der Waals surface area contributed by atoms with Gasteiger partial charge in [-0.3, -0.25) is 4.98 Å². The Bertz CT molecular complexity index is 761. The predicted molar refractivity (Wildman–Crippen MR) is 91.1 cm³/mol. The van der Waals surface area contributed by atoms with Gasteiger partial charge in [0, 0.05) is 6.20 Å². The molecule has 3 aromatic rings. The van der Waals surface area contributed by atoms with Gasteiger partial charge in [0.1, 0.15) is 0 Å². The first-order valence-electron chi connectivity index (χ1n) is 7.32. The summed E-state index contributed by atoms with van der Waals surface area (Å²) in [5, 5.41) is 5.68. The van der Waals surface area contributed by atoms with Crippen molar-refractivity contribution >= 4 is 21.6 Å². The van der Waals surface area contributed by atoms with Gasteiger partial charge in [-0.25, -0.2) is 0 Å². The lowest BCUT2D eigenvalue weighted by atomic mass is 9.96. The number of thiophene rings is 1. The van der Waals surface area contributed by atoms with E-state index in [-0.39, 0.29) is 6.04 Å². The Labute approximate surface area is 129 Å². The number of nitrogens with one attached hydrogen (secondary N) is 1. The molecule has 21 heavy (non-hydrogen) atoms. The molecule has 1 unspecified atom stereocenters. The highest BCUT2D eigenvalue weighted by Crippen LogP contribution is 2.27. The number of aromatic nitrogens is 1. The molecule has 108 valence electrons. The maximum atomic E-state index is 4.58. The van der Waals surface area contributed by atoms with Crippen LogP contribution in [0.25, 0.3) is 10.2 Å². The van der Waals surface area contributed by atoms with Crippen molar-refractivity contribution in [1.29, 1.82) is 0 Å². The van der Waals surface area contributed by atoms with Crippen molar-refractivity contribution < 1.29 is 0 Å². The Morgan fingerprint density at radius 1 is 1.10 bits per heavy atom. The molecule has 0 spiro atoms. The van der Waals surface area contributed by atoms with Gasteiger partial charge in [0.25, 0.3) is 0 Å². The van der Waals surface area contributed by atoms with Gasteiger partial charge in [-0.2, -0.15) is 0 Å². The number of hydrogen-bond acceptors (Lipinski definition) is 3. The van der Waals surface area contributed by atoms with Gasteiger partial charge in [0.2, 0.25) is 0 Å². The van der Waals surface area contributed by atoms with Crippen LogP contribution in [0.15, 0.2) is 41.9 Å². The fourth-order valence-corrected chi connectivity index (χ4v) is 3.39. The molecular weight excluding hydrogens is 276 g/mol. The summed E-state index contributed by atoms with van der Waals surface area (Å²) in [7, 11) is 0. The summed E-state index contributed by atoms with van der Waals surface area (Å²) in [6.07, 6.45) is 2.00. The number of aryl methyl sites for hydroxylation is 2. The highest BCUT2D eigenvalue weighted by atomic mass is 32.1. The van der Waals surface area contributed by atoms with E-state index < -0.39 is 0 Å². The maximum Gasteiger partial charge on any atom is 0.0809 e. The predicted octanol–water partition coefficient (Wildman–Crippen LogP) is 4.61. The summed E-state index contributed by atoms with van der Waals surface area (Å²) in [5.41, 5.74) is 6.29. The number of fused-ring (bicyclic) bond motifs is 1. The fourth-order valence-electron chi connectivity index (χ4n) is 2.60. The fraction of sp³-hybridized carbons (Fsp3) is 0.278. The minimum absolute atomic E-state index is 0.202. The van der Waals surface area contributed by atoms with Gasteiger partial charge < -0.3 is 5.32 Å². The van der Waals surface area contributed by atoms with E-state index in [2.05, 4.69) is 66.8 Å². The van der Waals surface area contributed by atoms with Crippen molar-refractivity contribution in [2.24, 2.45) is 0 Å². The van der Waals surface area contributed by atoms with Crippen LogP contribution >= 0.6 is 11.3 Å². The monoisotopic (exact) mass is 296 g/mol. The van der Waals surface area contributed by atoms with Crippen LogP contribution in [-0.4, -0.2) is 11.5 Å². The molecule has 0 aliphatic rings. The van der Waals surface area contributed by atoms with E-state index in [1.807, 2.05) is 6.20 Å². The van der Waals surface area contributed by atoms with Crippen LogP contribution in [-0.2, 0) is 0 Å². The third kappa shape index (κ3) is 2.85. The van der Waals surface area contributed by atoms with Crippen molar-refractivity contribution in [3.63, 3.8) is 0 Å². The van der Waals surface area contributed by atoms with Crippen LogP contribution in [0.2, 0.25) is 0 Å². The molecule has 2 aromatic heterocycles. The molecule has 0 aliphatic heterocycles. The lowest BCUT2D eigenvalue weighted by Gasteiger charge is -2.19. The van der Waals surface area contributed by atoms with Crippen molar-refractivity contribution in [2.75, 3.05) is 6.54 Å². The van der Waals surface area contributed by atoms with Crippen LogP contribution in [0.1, 0.15) is 35.2 Å². The molecule has 0 saturated carbocycles. The van der Waals surface area contributed by atoms with Crippen LogP contribution in [0, 0.1) is 13.8 Å². The van der Waals surface area contributed by atoms with E-state index in [1.165, 1.54) is 27.0 Å². The number of pyridine rings is 1. The second-order valence-corrected chi connectivity index (χ2v) is 6.35. The van der Waals surface area contributed by atoms with Gasteiger partial charge in [-0.1, -0.05) is 25.1 Å². The van der Waals surface area contributed by atoms with Crippen LogP contribution in [0.3, 0.4) is 0 Å². The number of nitrogens with zero attached hydrogens (tertiary/aromatic N) is 1. The Morgan fingerprint density at radius 2 is 1.95 bits per heavy atom. The normalized spacial score (nSPS) is 12.7. The molecule has 3 heteroatoms. The van der Waals surface area contributed by atoms with Crippen molar-refractivity contribution in [1.82, 2.24) is 10.3 Å². The number of rotatable bonds is 4. The third-order valence-corrected chi connectivity index (χ3v) is 4.78. The quantitative estimate of drug-likeness (QED) is 0.760. The average molecular weight is 296 g/mol. The first-order chi connectivity index (χ1) is 10.2. The minimum atomic E-state index is 0.202. The highest BCUT2D eigenvalue weighted by molar-refractivity contribution is 7.17. The van der Waals surface area contributed by atoms with Crippen LogP contribution in [0.4, 0.5) is 0 Å². The maximum absolute atomic E-state index is 4.58.